The van der Waals surface area contributed by atoms with Crippen molar-refractivity contribution in [2.24, 2.45) is 4.99 Å². The molecule has 2 aliphatic heterocycles. The van der Waals surface area contributed by atoms with Crippen molar-refractivity contribution < 1.29 is 20.1 Å². The molecule has 5 heterocycles. The Kier molecular flexibility index (Phi) is 8.29. The summed E-state index contributed by atoms with van der Waals surface area (Å²) in [5, 5.41) is 11.9. The average molecular weight is 853 g/mol. The normalized spacial score (nSPS) is 14.6. The van der Waals surface area contributed by atoms with E-state index in [-0.39, 0.29) is 30.9 Å². The number of hydrogen-bond acceptors (Lipinski definition) is 3. The summed E-state index contributed by atoms with van der Waals surface area (Å²) >= 11 is 0. The maximum atomic E-state index is 4.97. The summed E-state index contributed by atoms with van der Waals surface area (Å²) in [7, 11) is 0. The zero-order valence-electron chi connectivity index (χ0n) is 29.4. The fraction of sp³-hybridized carbons (Fsp3) is 0.133. The minimum absolute atomic E-state index is 0. The number of para-hydroxylation sites is 4. The van der Waals surface area contributed by atoms with Crippen molar-refractivity contribution in [1.82, 2.24) is 19.3 Å². The molecular weight excluding hydrogens is 817 g/mol. The Hall–Kier alpha value is -5.62. The molecule has 0 N–H and O–H groups in total. The number of hydrogen-bond donors (Lipinski definition) is 0. The van der Waals surface area contributed by atoms with Gasteiger partial charge >= 0.3 is 0 Å². The Morgan fingerprint density at radius 1 is 0.654 bits per heavy atom. The van der Waals surface area contributed by atoms with Gasteiger partial charge in [0.25, 0.3) is 0 Å². The van der Waals surface area contributed by atoms with Crippen LogP contribution in [0.15, 0.2) is 151 Å². The van der Waals surface area contributed by atoms with Crippen molar-refractivity contribution in [2.75, 3.05) is 0 Å². The Labute approximate surface area is 317 Å². The van der Waals surface area contributed by atoms with E-state index in [1.807, 2.05) is 67.0 Å². The van der Waals surface area contributed by atoms with Crippen LogP contribution in [0.25, 0.3) is 55.2 Å². The number of fused-ring (bicyclic) bond motifs is 9. The molecule has 0 amide bonds. The number of nitrogens with zero attached hydrogens (tertiary/aromatic N) is 6. The van der Waals surface area contributed by atoms with E-state index >= 15 is 0 Å². The fourth-order valence-corrected chi connectivity index (χ4v) is 7.63. The van der Waals surface area contributed by atoms with Gasteiger partial charge in [-0.15, -0.1) is 5.56 Å². The summed E-state index contributed by atoms with van der Waals surface area (Å²) in [6.45, 7) is 9.29. The molecule has 0 aliphatic carbocycles. The van der Waals surface area contributed by atoms with Crippen molar-refractivity contribution >= 4 is 39.3 Å². The maximum absolute atomic E-state index is 4.97. The van der Waals surface area contributed by atoms with E-state index in [0.29, 0.717) is 5.96 Å². The summed E-state index contributed by atoms with van der Waals surface area (Å²) in [5.41, 5.74) is 12.0. The Balaban J connectivity index is 0.000000149. The van der Waals surface area contributed by atoms with Gasteiger partial charge in [0.1, 0.15) is 0 Å². The molecule has 10 rings (SSSR count). The van der Waals surface area contributed by atoms with Crippen LogP contribution in [-0.4, -0.2) is 25.3 Å². The van der Waals surface area contributed by atoms with Crippen LogP contribution in [0.3, 0.4) is 0 Å². The van der Waals surface area contributed by atoms with E-state index in [9.17, 15) is 0 Å². The van der Waals surface area contributed by atoms with Crippen LogP contribution in [0.4, 0.5) is 11.4 Å². The van der Waals surface area contributed by atoms with E-state index in [1.54, 1.807) is 0 Å². The van der Waals surface area contributed by atoms with E-state index in [0.717, 1.165) is 50.1 Å². The number of benzene rings is 5. The quantitative estimate of drug-likeness (QED) is 0.154. The number of pyridine rings is 1. The molecule has 3 aromatic heterocycles. The molecule has 257 valence electrons. The van der Waals surface area contributed by atoms with Gasteiger partial charge in [-0.1, -0.05) is 137 Å². The number of rotatable bonds is 1. The molecule has 2 aliphatic rings. The van der Waals surface area contributed by atoms with Gasteiger partial charge in [-0.05, 0) is 44.8 Å². The van der Waals surface area contributed by atoms with Gasteiger partial charge in [0, 0.05) is 60.0 Å². The van der Waals surface area contributed by atoms with Crippen LogP contribution in [0.2, 0.25) is 0 Å². The first-order valence-electron chi connectivity index (χ1n) is 17.3. The standard InChI is InChI=1S/C24H15N4.C21H21N2.Ir/c1-4-12-20-16(8-1)17-9-2-5-13-21(17)27-24(26-20)28-22-14-6-3-10-18(22)19-11-7-15-25-23(19)28;1-20(2)17-12-8-9-13-18(17)23-19(21(20,3)4)16(14-22-23)15-10-6-5-7-11-15;/h1-15H;5-12,14H,1-4H3;/q2*-1;. The molecule has 0 saturated heterocycles. The van der Waals surface area contributed by atoms with E-state index in [1.165, 1.54) is 22.4 Å². The average Bonchev–Trinajstić information content (AvgIpc) is 3.72. The van der Waals surface area contributed by atoms with Gasteiger partial charge in [-0.3, -0.25) is 9.67 Å². The first-order chi connectivity index (χ1) is 24.8. The molecule has 8 aromatic rings. The summed E-state index contributed by atoms with van der Waals surface area (Å²) in [6, 6.07) is 48.9. The van der Waals surface area contributed by atoms with Crippen molar-refractivity contribution in [3.05, 3.63) is 168 Å². The molecule has 1 radical (unpaired) electrons. The molecule has 0 unspecified atom stereocenters. The van der Waals surface area contributed by atoms with Gasteiger partial charge < -0.3 is 14.9 Å². The first-order valence-corrected chi connectivity index (χ1v) is 17.3. The second-order valence-corrected chi connectivity index (χ2v) is 14.2. The van der Waals surface area contributed by atoms with Crippen molar-refractivity contribution in [3.8, 4) is 27.9 Å². The van der Waals surface area contributed by atoms with Crippen LogP contribution in [0.1, 0.15) is 39.0 Å². The predicted molar refractivity (Wildman–Crippen MR) is 209 cm³/mol. The summed E-state index contributed by atoms with van der Waals surface area (Å²) < 4.78 is 4.15. The summed E-state index contributed by atoms with van der Waals surface area (Å²) in [6.07, 6.45) is 3.81. The zero-order valence-corrected chi connectivity index (χ0v) is 31.8. The van der Waals surface area contributed by atoms with Gasteiger partial charge in [-0.25, -0.2) is 0 Å². The van der Waals surface area contributed by atoms with Gasteiger partial charge in [-0.2, -0.15) is 29.4 Å². The molecular formula is C45H36IrN6-2. The Bertz CT molecular complexity index is 2560. The first kappa shape index (κ1) is 33.5. The monoisotopic (exact) mass is 853 g/mol. The SMILES string of the molecule is CC1(C)c2ccc[c-]c2-n2ncc(-c3ccccc3)c2C1(C)C.[Ir].c1ccc2c(c1)N=C(n1c3ccccc3c3cccnc31)[N-]c1ccccc1-2. The molecule has 0 saturated carbocycles. The molecule has 7 heteroatoms. The largest absolute Gasteiger partial charge is 0.358 e. The van der Waals surface area contributed by atoms with Gasteiger partial charge in [0.05, 0.1) is 17.5 Å². The Morgan fingerprint density at radius 2 is 1.37 bits per heavy atom. The summed E-state index contributed by atoms with van der Waals surface area (Å²) in [5.74, 6) is 0.627. The molecule has 0 bridgehead atoms. The number of aromatic nitrogens is 4. The van der Waals surface area contributed by atoms with Crippen molar-refractivity contribution in [2.45, 2.75) is 38.5 Å². The third-order valence-corrected chi connectivity index (χ3v) is 10.9. The van der Waals surface area contributed by atoms with Gasteiger partial charge in [0.2, 0.25) is 0 Å². The second kappa shape index (κ2) is 12.9. The molecule has 0 fully saturated rings. The molecule has 5 aromatic carbocycles. The molecule has 0 spiro atoms. The molecule has 6 nitrogen and oxygen atoms in total. The van der Waals surface area contributed by atoms with Crippen LogP contribution in [0, 0.1) is 6.07 Å². The van der Waals surface area contributed by atoms with Crippen LogP contribution in [-0.2, 0) is 30.9 Å². The van der Waals surface area contributed by atoms with E-state index in [2.05, 4.69) is 127 Å². The van der Waals surface area contributed by atoms with E-state index in [4.69, 9.17) is 15.4 Å². The molecule has 52 heavy (non-hydrogen) atoms. The number of aliphatic imine (C=N–C) groups is 1. The zero-order chi connectivity index (χ0) is 34.7. The third-order valence-electron chi connectivity index (χ3n) is 10.9. The maximum Gasteiger partial charge on any atom is 0.0901 e. The van der Waals surface area contributed by atoms with Crippen molar-refractivity contribution in [3.63, 3.8) is 0 Å². The van der Waals surface area contributed by atoms with Crippen molar-refractivity contribution in [1.29, 1.82) is 0 Å². The van der Waals surface area contributed by atoms with Gasteiger partial charge in [0.15, 0.2) is 0 Å². The minimum Gasteiger partial charge on any atom is -0.358 e. The smallest absolute Gasteiger partial charge is 0.0901 e. The predicted octanol–water partition coefficient (Wildman–Crippen LogP) is 11.3. The van der Waals surface area contributed by atoms with E-state index < -0.39 is 0 Å². The van der Waals surface area contributed by atoms with Crippen LogP contribution >= 0.6 is 0 Å². The summed E-state index contributed by atoms with van der Waals surface area (Å²) in [4.78, 5) is 9.63. The van der Waals surface area contributed by atoms with Crippen LogP contribution in [0.5, 0.6) is 0 Å². The second-order valence-electron chi connectivity index (χ2n) is 14.2. The topological polar surface area (TPSA) is 62.1 Å². The molecule has 0 atom stereocenters. The Morgan fingerprint density at radius 3 is 2.21 bits per heavy atom. The third kappa shape index (κ3) is 5.15. The minimum atomic E-state index is -0.0448. The van der Waals surface area contributed by atoms with Crippen LogP contribution < -0.4 is 0 Å². The fourth-order valence-electron chi connectivity index (χ4n) is 7.63.